The Kier molecular flexibility index (Phi) is 65.8. The van der Waals surface area contributed by atoms with Gasteiger partial charge >= 0.3 is 17.9 Å². The monoisotopic (exact) mass is 1140 g/mol. The standard InChI is InChI=1S/C76H128O6/c1-4-7-10-13-16-19-22-25-28-30-31-32-33-34-35-36-37-38-39-40-41-42-43-44-45-47-48-51-54-57-60-63-66-69-75(78)81-72-73(71-80-74(77)68-65-62-59-56-53-50-27-24-21-18-15-12-9-6-3)82-76(79)70-67-64-61-58-55-52-49-46-29-26-23-20-17-14-11-8-5-2/h7-8,10-11,15-20,24-29,31-32,49,52,73H,4-6,9,12-14,21-23,30,33-48,50-51,53-72H2,1-3H3/b10-7-,11-8-,18-15-,19-16-,20-17-,27-24-,28-25-,29-26-,32-31-,52-49-. The van der Waals surface area contributed by atoms with Crippen molar-refractivity contribution >= 4 is 17.9 Å². The molecule has 0 aliphatic rings. The van der Waals surface area contributed by atoms with E-state index in [4.69, 9.17) is 14.2 Å². The van der Waals surface area contributed by atoms with Crippen molar-refractivity contribution in [1.82, 2.24) is 0 Å². The molecule has 1 unspecified atom stereocenters. The lowest BCUT2D eigenvalue weighted by molar-refractivity contribution is -0.167. The molecule has 0 saturated heterocycles. The first kappa shape index (κ1) is 77.8. The van der Waals surface area contributed by atoms with Gasteiger partial charge in [-0.2, -0.15) is 0 Å². The third-order valence-electron chi connectivity index (χ3n) is 14.7. The molecule has 0 N–H and O–H groups in total. The van der Waals surface area contributed by atoms with Crippen LogP contribution in [-0.2, 0) is 28.6 Å². The third kappa shape index (κ3) is 66.6. The molecule has 0 rings (SSSR count). The molecular formula is C76H128O6. The van der Waals surface area contributed by atoms with E-state index < -0.39 is 6.10 Å². The maximum absolute atomic E-state index is 12.9. The van der Waals surface area contributed by atoms with Crippen molar-refractivity contribution in [3.8, 4) is 0 Å². The van der Waals surface area contributed by atoms with Crippen molar-refractivity contribution in [2.75, 3.05) is 13.2 Å². The highest BCUT2D eigenvalue weighted by Crippen LogP contribution is 2.17. The fourth-order valence-electron chi connectivity index (χ4n) is 9.56. The summed E-state index contributed by atoms with van der Waals surface area (Å²) >= 11 is 0. The van der Waals surface area contributed by atoms with Crippen LogP contribution in [0.5, 0.6) is 0 Å². The summed E-state index contributed by atoms with van der Waals surface area (Å²) < 4.78 is 16.9. The minimum absolute atomic E-state index is 0.0917. The highest BCUT2D eigenvalue weighted by molar-refractivity contribution is 5.71. The second-order valence-electron chi connectivity index (χ2n) is 22.7. The molecule has 0 amide bonds. The van der Waals surface area contributed by atoms with E-state index in [1.807, 2.05) is 0 Å². The normalized spacial score (nSPS) is 12.9. The van der Waals surface area contributed by atoms with E-state index in [0.717, 1.165) is 148 Å². The Morgan fingerprint density at radius 3 is 0.744 bits per heavy atom. The highest BCUT2D eigenvalue weighted by atomic mass is 16.6. The summed E-state index contributed by atoms with van der Waals surface area (Å²) in [6.45, 7) is 6.37. The van der Waals surface area contributed by atoms with Gasteiger partial charge in [-0.1, -0.05) is 303 Å². The topological polar surface area (TPSA) is 78.9 Å². The zero-order chi connectivity index (χ0) is 59.2. The maximum atomic E-state index is 12.9. The molecule has 6 nitrogen and oxygen atoms in total. The summed E-state index contributed by atoms with van der Waals surface area (Å²) in [7, 11) is 0. The van der Waals surface area contributed by atoms with E-state index in [1.54, 1.807) is 0 Å². The summed E-state index contributed by atoms with van der Waals surface area (Å²) in [6.07, 6.45) is 96.6. The van der Waals surface area contributed by atoms with Gasteiger partial charge < -0.3 is 14.2 Å². The number of unbranched alkanes of at least 4 members (excludes halogenated alkanes) is 31. The van der Waals surface area contributed by atoms with Crippen molar-refractivity contribution in [3.63, 3.8) is 0 Å². The molecule has 0 aromatic carbocycles. The number of carbonyl (C=O) groups excluding carboxylic acids is 3. The molecule has 0 spiro atoms. The van der Waals surface area contributed by atoms with Crippen LogP contribution < -0.4 is 0 Å². The van der Waals surface area contributed by atoms with Crippen molar-refractivity contribution in [2.24, 2.45) is 0 Å². The van der Waals surface area contributed by atoms with Crippen LogP contribution in [0, 0.1) is 0 Å². The van der Waals surface area contributed by atoms with Gasteiger partial charge in [0.1, 0.15) is 13.2 Å². The minimum atomic E-state index is -0.799. The molecule has 468 valence electrons. The predicted octanol–water partition coefficient (Wildman–Crippen LogP) is 23.9. The molecule has 0 heterocycles. The van der Waals surface area contributed by atoms with E-state index in [1.165, 1.54) is 135 Å². The molecule has 82 heavy (non-hydrogen) atoms. The largest absolute Gasteiger partial charge is 0.462 e. The lowest BCUT2D eigenvalue weighted by Gasteiger charge is -2.18. The Morgan fingerprint density at radius 1 is 0.256 bits per heavy atom. The Balaban J connectivity index is 4.21. The summed E-state index contributed by atoms with van der Waals surface area (Å²) in [4.78, 5) is 38.4. The van der Waals surface area contributed by atoms with Gasteiger partial charge in [0, 0.05) is 19.3 Å². The van der Waals surface area contributed by atoms with Gasteiger partial charge in [-0.15, -0.1) is 0 Å². The molecule has 6 heteroatoms. The van der Waals surface area contributed by atoms with Gasteiger partial charge in [0.2, 0.25) is 0 Å². The number of esters is 3. The van der Waals surface area contributed by atoms with Crippen LogP contribution in [0.25, 0.3) is 0 Å². The molecule has 0 fully saturated rings. The Morgan fingerprint density at radius 2 is 0.476 bits per heavy atom. The van der Waals surface area contributed by atoms with Gasteiger partial charge in [-0.3, -0.25) is 14.4 Å². The molecule has 0 aromatic rings. The van der Waals surface area contributed by atoms with E-state index in [0.29, 0.717) is 19.3 Å². The number of carbonyl (C=O) groups is 3. The molecule has 0 aliphatic carbocycles. The summed E-state index contributed by atoms with van der Waals surface area (Å²) in [6, 6.07) is 0. The minimum Gasteiger partial charge on any atom is -0.462 e. The van der Waals surface area contributed by atoms with Gasteiger partial charge in [0.25, 0.3) is 0 Å². The molecule has 0 bridgehead atoms. The van der Waals surface area contributed by atoms with Crippen LogP contribution in [0.2, 0.25) is 0 Å². The fourth-order valence-corrected chi connectivity index (χ4v) is 9.56. The Labute approximate surface area is 507 Å². The summed E-state index contributed by atoms with van der Waals surface area (Å²) in [5.41, 5.74) is 0. The van der Waals surface area contributed by atoms with E-state index >= 15 is 0 Å². The molecule has 0 aromatic heterocycles. The third-order valence-corrected chi connectivity index (χ3v) is 14.7. The predicted molar refractivity (Wildman–Crippen MR) is 357 cm³/mol. The molecule has 0 aliphatic heterocycles. The van der Waals surface area contributed by atoms with Crippen molar-refractivity contribution in [2.45, 2.75) is 329 Å². The van der Waals surface area contributed by atoms with Crippen LogP contribution in [0.1, 0.15) is 323 Å². The highest BCUT2D eigenvalue weighted by Gasteiger charge is 2.19. The second kappa shape index (κ2) is 69.3. The van der Waals surface area contributed by atoms with Crippen LogP contribution in [0.4, 0.5) is 0 Å². The average molecular weight is 1140 g/mol. The van der Waals surface area contributed by atoms with Crippen molar-refractivity contribution in [3.05, 3.63) is 122 Å². The Hall–Kier alpha value is -4.19. The van der Waals surface area contributed by atoms with Crippen LogP contribution >= 0.6 is 0 Å². The van der Waals surface area contributed by atoms with Crippen molar-refractivity contribution < 1.29 is 28.6 Å². The Bertz CT molecular complexity index is 1690. The average Bonchev–Trinajstić information content (AvgIpc) is 3.47. The lowest BCUT2D eigenvalue weighted by Crippen LogP contribution is -2.30. The van der Waals surface area contributed by atoms with E-state index in [-0.39, 0.29) is 31.1 Å². The fraction of sp³-hybridized carbons (Fsp3) is 0.697. The zero-order valence-corrected chi connectivity index (χ0v) is 53.7. The van der Waals surface area contributed by atoms with Crippen LogP contribution in [0.3, 0.4) is 0 Å². The lowest BCUT2D eigenvalue weighted by atomic mass is 10.0. The van der Waals surface area contributed by atoms with Crippen LogP contribution in [0.15, 0.2) is 122 Å². The van der Waals surface area contributed by atoms with Gasteiger partial charge in [-0.25, -0.2) is 0 Å². The van der Waals surface area contributed by atoms with E-state index in [2.05, 4.69) is 142 Å². The summed E-state index contributed by atoms with van der Waals surface area (Å²) in [5, 5.41) is 0. The molecular weight excluding hydrogens is 1010 g/mol. The van der Waals surface area contributed by atoms with Gasteiger partial charge in [0.15, 0.2) is 6.10 Å². The first-order valence-corrected chi connectivity index (χ1v) is 34.5. The molecule has 0 saturated carbocycles. The van der Waals surface area contributed by atoms with Crippen LogP contribution in [-0.4, -0.2) is 37.2 Å². The van der Waals surface area contributed by atoms with E-state index in [9.17, 15) is 14.4 Å². The SMILES string of the molecule is CC/C=C\C/C=C\C/C=C\C/C=C\CCCCCCCCCCCCCCCCCCCCCCC(=O)OCC(COC(=O)CCCCCCC/C=C\C/C=C\CCCC)OC(=O)CCCCCC/C=C\C/C=C\C/C=C\C/C=C\CC. The maximum Gasteiger partial charge on any atom is 0.306 e. The second-order valence-corrected chi connectivity index (χ2v) is 22.7. The number of rotatable bonds is 62. The van der Waals surface area contributed by atoms with Gasteiger partial charge in [0.05, 0.1) is 0 Å². The zero-order valence-electron chi connectivity index (χ0n) is 53.7. The number of allylic oxidation sites excluding steroid dienone is 20. The number of hydrogen-bond acceptors (Lipinski definition) is 6. The summed E-state index contributed by atoms with van der Waals surface area (Å²) in [5.74, 6) is -0.920. The molecule has 1 atom stereocenters. The quantitative estimate of drug-likeness (QED) is 0.0261. The molecule has 0 radical (unpaired) electrons. The van der Waals surface area contributed by atoms with Gasteiger partial charge in [-0.05, 0) is 122 Å². The number of hydrogen-bond donors (Lipinski definition) is 0. The first-order chi connectivity index (χ1) is 40.5. The smallest absolute Gasteiger partial charge is 0.306 e. The first-order valence-electron chi connectivity index (χ1n) is 34.5. The van der Waals surface area contributed by atoms with Crippen molar-refractivity contribution in [1.29, 1.82) is 0 Å². The number of ether oxygens (including phenoxy) is 3.